The van der Waals surface area contributed by atoms with Crippen LogP contribution in [0.1, 0.15) is 32.9 Å². The van der Waals surface area contributed by atoms with Crippen LogP contribution in [0, 0.1) is 13.8 Å². The van der Waals surface area contributed by atoms with Gasteiger partial charge in [-0.25, -0.2) is 9.67 Å². The minimum Gasteiger partial charge on any atom is -0.366 e. The molecule has 1 aromatic carbocycles. The minimum absolute atomic E-state index is 0.00979. The molecule has 0 aliphatic carbocycles. The smallest absolute Gasteiger partial charge is 0.366 e. The van der Waals surface area contributed by atoms with Gasteiger partial charge in [0.15, 0.2) is 5.82 Å². The normalized spacial score (nSPS) is 11.4. The fraction of sp³-hybridized carbons (Fsp3) is 0.200. The zero-order valence-electron chi connectivity index (χ0n) is 16.1. The van der Waals surface area contributed by atoms with E-state index in [4.69, 9.17) is 5.73 Å². The molecule has 3 aromatic rings. The number of nitrogens with one attached hydrogen (secondary N) is 1. The third kappa shape index (κ3) is 4.48. The van der Waals surface area contributed by atoms with Crippen molar-refractivity contribution in [2.75, 3.05) is 5.32 Å². The number of pyridine rings is 1. The van der Waals surface area contributed by atoms with E-state index in [1.165, 1.54) is 22.9 Å². The quantitative estimate of drug-likeness (QED) is 0.666. The summed E-state index contributed by atoms with van der Waals surface area (Å²) < 4.78 is 39.6. The third-order valence-corrected chi connectivity index (χ3v) is 4.52. The molecule has 0 aliphatic heterocycles. The van der Waals surface area contributed by atoms with Crippen molar-refractivity contribution in [3.8, 4) is 5.82 Å². The molecule has 0 spiro atoms. The third-order valence-electron chi connectivity index (χ3n) is 4.52. The maximum atomic E-state index is 12.7. The van der Waals surface area contributed by atoms with Gasteiger partial charge in [-0.05, 0) is 50.2 Å². The van der Waals surface area contributed by atoms with E-state index in [1.807, 2.05) is 0 Å². The minimum atomic E-state index is -4.47. The molecule has 7 nitrogen and oxygen atoms in total. The predicted molar refractivity (Wildman–Crippen MR) is 103 cm³/mol. The molecular weight excluding hydrogens is 399 g/mol. The van der Waals surface area contributed by atoms with Crippen molar-refractivity contribution in [2.24, 2.45) is 5.73 Å². The molecule has 156 valence electrons. The largest absolute Gasteiger partial charge is 0.417 e. The number of alkyl halides is 3. The van der Waals surface area contributed by atoms with Crippen molar-refractivity contribution in [3.05, 3.63) is 70.7 Å². The van der Waals surface area contributed by atoms with Gasteiger partial charge in [-0.3, -0.25) is 9.59 Å². The highest BCUT2D eigenvalue weighted by molar-refractivity contribution is 5.95. The SMILES string of the molecule is Cc1nn(-c2ccc(C(F)(F)F)cn2)c(C)c1CC(=O)Nc1ccc(C(N)=O)cc1. The van der Waals surface area contributed by atoms with Crippen molar-refractivity contribution >= 4 is 17.5 Å². The molecule has 0 aliphatic rings. The molecular formula is C20H18F3N5O2. The van der Waals surface area contributed by atoms with Gasteiger partial charge in [0, 0.05) is 28.7 Å². The maximum Gasteiger partial charge on any atom is 0.417 e. The molecule has 10 heteroatoms. The lowest BCUT2D eigenvalue weighted by atomic mass is 10.1. The second-order valence-electron chi connectivity index (χ2n) is 6.63. The summed E-state index contributed by atoms with van der Waals surface area (Å²) in [4.78, 5) is 27.4. The Kier molecular flexibility index (Phi) is 5.59. The predicted octanol–water partition coefficient (Wildman–Crippen LogP) is 3.18. The van der Waals surface area contributed by atoms with Gasteiger partial charge in [-0.15, -0.1) is 0 Å². The lowest BCUT2D eigenvalue weighted by molar-refractivity contribution is -0.137. The topological polar surface area (TPSA) is 103 Å². The highest BCUT2D eigenvalue weighted by atomic mass is 19.4. The van der Waals surface area contributed by atoms with Crippen LogP contribution in [0.15, 0.2) is 42.6 Å². The maximum absolute atomic E-state index is 12.7. The monoisotopic (exact) mass is 417 g/mol. The van der Waals surface area contributed by atoms with E-state index in [0.717, 1.165) is 12.3 Å². The number of nitrogens with zero attached hydrogens (tertiary/aromatic N) is 3. The summed E-state index contributed by atoms with van der Waals surface area (Å²) in [5.41, 5.74) is 6.95. The van der Waals surface area contributed by atoms with Crippen molar-refractivity contribution < 1.29 is 22.8 Å². The lowest BCUT2D eigenvalue weighted by Crippen LogP contribution is -2.16. The number of rotatable bonds is 5. The number of carbonyl (C=O) groups is 2. The molecule has 3 N–H and O–H groups in total. The zero-order valence-corrected chi connectivity index (χ0v) is 16.1. The van der Waals surface area contributed by atoms with Gasteiger partial charge in [0.1, 0.15) is 0 Å². The van der Waals surface area contributed by atoms with Gasteiger partial charge in [0.25, 0.3) is 0 Å². The molecule has 0 unspecified atom stereocenters. The summed E-state index contributed by atoms with van der Waals surface area (Å²) in [6, 6.07) is 8.29. The van der Waals surface area contributed by atoms with Crippen LogP contribution < -0.4 is 11.1 Å². The number of halogens is 3. The number of hydrogen-bond donors (Lipinski definition) is 2. The highest BCUT2D eigenvalue weighted by Gasteiger charge is 2.30. The number of nitrogens with two attached hydrogens (primary N) is 1. The average molecular weight is 417 g/mol. The van der Waals surface area contributed by atoms with Gasteiger partial charge in [-0.2, -0.15) is 18.3 Å². The first kappa shape index (κ1) is 21.0. The van der Waals surface area contributed by atoms with Crippen LogP contribution in [0.2, 0.25) is 0 Å². The van der Waals surface area contributed by atoms with Crippen molar-refractivity contribution in [1.82, 2.24) is 14.8 Å². The Morgan fingerprint density at radius 1 is 1.10 bits per heavy atom. The molecule has 0 atom stereocenters. The zero-order chi connectivity index (χ0) is 22.1. The first-order valence-electron chi connectivity index (χ1n) is 8.84. The molecule has 30 heavy (non-hydrogen) atoms. The summed E-state index contributed by atoms with van der Waals surface area (Å²) in [6.45, 7) is 3.42. The fourth-order valence-corrected chi connectivity index (χ4v) is 2.92. The van der Waals surface area contributed by atoms with Gasteiger partial charge in [-0.1, -0.05) is 0 Å². The molecule has 0 radical (unpaired) electrons. The number of hydrogen-bond acceptors (Lipinski definition) is 4. The molecule has 0 bridgehead atoms. The highest BCUT2D eigenvalue weighted by Crippen LogP contribution is 2.29. The van der Waals surface area contributed by atoms with Crippen LogP contribution in [-0.2, 0) is 17.4 Å². The number of benzene rings is 1. The molecule has 3 rings (SSSR count). The Hall–Kier alpha value is -3.69. The Balaban J connectivity index is 1.76. The summed E-state index contributed by atoms with van der Waals surface area (Å²) in [5, 5.41) is 7.02. The second-order valence-corrected chi connectivity index (χ2v) is 6.63. The number of primary amides is 1. The van der Waals surface area contributed by atoms with Gasteiger partial charge in [0.2, 0.25) is 11.8 Å². The average Bonchev–Trinajstić information content (AvgIpc) is 2.96. The fourth-order valence-electron chi connectivity index (χ4n) is 2.92. The molecule has 2 amide bonds. The number of amides is 2. The van der Waals surface area contributed by atoms with Crippen molar-refractivity contribution in [2.45, 2.75) is 26.4 Å². The lowest BCUT2D eigenvalue weighted by Gasteiger charge is -2.08. The first-order valence-corrected chi connectivity index (χ1v) is 8.84. The van der Waals surface area contributed by atoms with E-state index in [2.05, 4.69) is 15.4 Å². The second kappa shape index (κ2) is 7.97. The summed E-state index contributed by atoms with van der Waals surface area (Å²) in [5.74, 6) is -0.659. The molecule has 0 saturated carbocycles. The standard InChI is InChI=1S/C20H18F3N5O2/c1-11-16(9-18(29)26-15-6-3-13(4-7-15)19(24)30)12(2)28(27-11)17-8-5-14(10-25-17)20(21,22)23/h3-8,10H,9H2,1-2H3,(H2,24,30)(H,26,29). The van der Waals surface area contributed by atoms with E-state index in [-0.39, 0.29) is 18.1 Å². The summed E-state index contributed by atoms with van der Waals surface area (Å²) >= 11 is 0. The van der Waals surface area contributed by atoms with Crippen molar-refractivity contribution in [3.63, 3.8) is 0 Å². The molecule has 0 fully saturated rings. The first-order chi connectivity index (χ1) is 14.1. The van der Waals surface area contributed by atoms with E-state index in [1.54, 1.807) is 26.0 Å². The van der Waals surface area contributed by atoms with Crippen LogP contribution in [0.25, 0.3) is 5.82 Å². The van der Waals surface area contributed by atoms with E-state index in [9.17, 15) is 22.8 Å². The number of anilines is 1. The molecule has 2 heterocycles. The number of carbonyl (C=O) groups excluding carboxylic acids is 2. The molecule has 0 saturated heterocycles. The van der Waals surface area contributed by atoms with E-state index in [0.29, 0.717) is 28.2 Å². The Bertz CT molecular complexity index is 1090. The molecule has 2 aromatic heterocycles. The van der Waals surface area contributed by atoms with E-state index < -0.39 is 17.6 Å². The van der Waals surface area contributed by atoms with Crippen LogP contribution in [-0.4, -0.2) is 26.6 Å². The Morgan fingerprint density at radius 3 is 2.30 bits per heavy atom. The summed E-state index contributed by atoms with van der Waals surface area (Å²) in [6.07, 6.45) is -3.72. The van der Waals surface area contributed by atoms with E-state index >= 15 is 0 Å². The number of aromatic nitrogens is 3. The van der Waals surface area contributed by atoms with Gasteiger partial charge in [0.05, 0.1) is 17.7 Å². The van der Waals surface area contributed by atoms with Gasteiger partial charge < -0.3 is 11.1 Å². The number of aryl methyl sites for hydroxylation is 1. The van der Waals surface area contributed by atoms with Crippen LogP contribution in [0.5, 0.6) is 0 Å². The Labute approximate surface area is 169 Å². The van der Waals surface area contributed by atoms with Crippen molar-refractivity contribution in [1.29, 1.82) is 0 Å². The summed E-state index contributed by atoms with van der Waals surface area (Å²) in [7, 11) is 0. The van der Waals surface area contributed by atoms with Crippen LogP contribution in [0.3, 0.4) is 0 Å². The van der Waals surface area contributed by atoms with Gasteiger partial charge >= 0.3 is 6.18 Å². The Morgan fingerprint density at radius 2 is 1.77 bits per heavy atom. The van der Waals surface area contributed by atoms with Crippen LogP contribution in [0.4, 0.5) is 18.9 Å². The van der Waals surface area contributed by atoms with Crippen LogP contribution >= 0.6 is 0 Å².